The maximum Gasteiger partial charge on any atom is 0.336 e. The molecule has 0 unspecified atom stereocenters. The second-order valence-electron chi connectivity index (χ2n) is 4.95. The summed E-state index contributed by atoms with van der Waals surface area (Å²) in [4.78, 5) is 11.3. The molecule has 18 heavy (non-hydrogen) atoms. The maximum atomic E-state index is 11.3. The molecule has 0 aliphatic carbocycles. The zero-order valence-corrected chi connectivity index (χ0v) is 10.1. The SMILES string of the molecule is [2H]c1c2c(cc3ccc(=O)oc13)[C@@H]([2H])[C@@H](C(C)(C)O)O2. The highest BCUT2D eigenvalue weighted by molar-refractivity contribution is 5.79. The quantitative estimate of drug-likeness (QED) is 0.783. The lowest BCUT2D eigenvalue weighted by Gasteiger charge is -2.24. The number of aliphatic hydroxyl groups is 1. The van der Waals surface area contributed by atoms with Gasteiger partial charge in [0.2, 0.25) is 0 Å². The largest absolute Gasteiger partial charge is 0.487 e. The van der Waals surface area contributed by atoms with Gasteiger partial charge in [0.1, 0.15) is 17.4 Å². The lowest BCUT2D eigenvalue weighted by atomic mass is 9.97. The first-order valence-corrected chi connectivity index (χ1v) is 5.67. The van der Waals surface area contributed by atoms with Crippen LogP contribution in [0.2, 0.25) is 0 Å². The Morgan fingerprint density at radius 2 is 2.33 bits per heavy atom. The fourth-order valence-corrected chi connectivity index (χ4v) is 1.94. The molecule has 0 amide bonds. The molecule has 0 radical (unpaired) electrons. The number of rotatable bonds is 1. The van der Waals surface area contributed by atoms with E-state index < -0.39 is 23.7 Å². The van der Waals surface area contributed by atoms with E-state index in [0.717, 1.165) is 0 Å². The number of ether oxygens (including phenoxy) is 1. The predicted octanol–water partition coefficient (Wildman–Crippen LogP) is 1.87. The van der Waals surface area contributed by atoms with Crippen molar-refractivity contribution in [3.8, 4) is 5.75 Å². The molecule has 1 N–H and O–H groups in total. The second kappa shape index (κ2) is 3.59. The standard InChI is InChI=1S/C14H14O4/c1-14(2,16)12-6-9-5-8-3-4-13(15)18-10(8)7-11(9)17-12/h3-5,7,12,16H,6H2,1-2H3/t12-/m0/s1/i6D,7D/t6-,12+/m1. The van der Waals surface area contributed by atoms with E-state index in [1.807, 2.05) is 0 Å². The van der Waals surface area contributed by atoms with Crippen LogP contribution in [0.3, 0.4) is 0 Å². The smallest absolute Gasteiger partial charge is 0.336 e. The van der Waals surface area contributed by atoms with Crippen LogP contribution in [0, 0.1) is 0 Å². The lowest BCUT2D eigenvalue weighted by Crippen LogP contribution is -2.39. The molecule has 94 valence electrons. The van der Waals surface area contributed by atoms with Crippen molar-refractivity contribution in [2.45, 2.75) is 31.9 Å². The summed E-state index contributed by atoms with van der Waals surface area (Å²) in [5.41, 5.74) is -1.07. The van der Waals surface area contributed by atoms with Crippen molar-refractivity contribution in [1.29, 1.82) is 0 Å². The summed E-state index contributed by atoms with van der Waals surface area (Å²) in [6, 6.07) is 4.45. The molecule has 1 aliphatic heterocycles. The van der Waals surface area contributed by atoms with E-state index in [1.54, 1.807) is 26.0 Å². The van der Waals surface area contributed by atoms with Crippen LogP contribution in [-0.4, -0.2) is 16.8 Å². The van der Waals surface area contributed by atoms with E-state index in [1.165, 1.54) is 6.07 Å². The number of hydrogen-bond acceptors (Lipinski definition) is 4. The van der Waals surface area contributed by atoms with Crippen molar-refractivity contribution in [3.63, 3.8) is 0 Å². The minimum Gasteiger partial charge on any atom is -0.487 e. The van der Waals surface area contributed by atoms with Crippen LogP contribution in [-0.2, 0) is 6.40 Å². The first kappa shape index (κ1) is 9.16. The second-order valence-corrected chi connectivity index (χ2v) is 4.95. The van der Waals surface area contributed by atoms with Crippen LogP contribution < -0.4 is 10.4 Å². The zero-order valence-electron chi connectivity index (χ0n) is 12.1. The summed E-state index contributed by atoms with van der Waals surface area (Å²) in [5.74, 6) is 0.207. The van der Waals surface area contributed by atoms with Gasteiger partial charge in [0.05, 0.1) is 6.97 Å². The van der Waals surface area contributed by atoms with Gasteiger partial charge in [-0.15, -0.1) is 0 Å². The predicted molar refractivity (Wildman–Crippen MR) is 66.9 cm³/mol. The fourth-order valence-electron chi connectivity index (χ4n) is 1.94. The van der Waals surface area contributed by atoms with Crippen LogP contribution in [0.25, 0.3) is 11.0 Å². The normalized spacial score (nSPS) is 24.4. The summed E-state index contributed by atoms with van der Waals surface area (Å²) >= 11 is 0. The molecule has 0 saturated heterocycles. The van der Waals surface area contributed by atoms with Crippen molar-refractivity contribution in [2.24, 2.45) is 0 Å². The first-order chi connectivity index (χ1) is 9.29. The minimum atomic E-state index is -1.20. The van der Waals surface area contributed by atoms with Crippen LogP contribution in [0.4, 0.5) is 0 Å². The van der Waals surface area contributed by atoms with Crippen LogP contribution in [0.15, 0.2) is 33.5 Å². The van der Waals surface area contributed by atoms with Crippen molar-refractivity contribution >= 4 is 11.0 Å². The van der Waals surface area contributed by atoms with Crippen LogP contribution >= 0.6 is 0 Å². The summed E-state index contributed by atoms with van der Waals surface area (Å²) in [6.07, 6.45) is -1.55. The molecule has 2 aromatic rings. The molecule has 1 aromatic heterocycles. The van der Waals surface area contributed by atoms with Gasteiger partial charge in [-0.05, 0) is 31.5 Å². The Balaban J connectivity index is 2.24. The molecular formula is C14H14O4. The van der Waals surface area contributed by atoms with Gasteiger partial charge in [0.25, 0.3) is 0 Å². The van der Waals surface area contributed by atoms with Gasteiger partial charge >= 0.3 is 5.63 Å². The monoisotopic (exact) mass is 248 g/mol. The van der Waals surface area contributed by atoms with E-state index in [4.69, 9.17) is 11.9 Å². The Kier molecular flexibility index (Phi) is 1.83. The Bertz CT molecular complexity index is 745. The molecule has 0 fully saturated rings. The van der Waals surface area contributed by atoms with Crippen molar-refractivity contribution < 1.29 is 17.0 Å². The topological polar surface area (TPSA) is 59.7 Å². The molecule has 2 atom stereocenters. The third-order valence-electron chi connectivity index (χ3n) is 2.94. The summed E-state index contributed by atoms with van der Waals surface area (Å²) in [7, 11) is 0. The van der Waals surface area contributed by atoms with Gasteiger partial charge in [-0.1, -0.05) is 0 Å². The molecule has 0 bridgehead atoms. The molecule has 1 aliphatic rings. The van der Waals surface area contributed by atoms with Gasteiger partial charge < -0.3 is 14.3 Å². The summed E-state index contributed by atoms with van der Waals surface area (Å²) < 4.78 is 26.9. The number of hydrogen-bond donors (Lipinski definition) is 1. The minimum absolute atomic E-state index is 0.0563. The molecule has 0 saturated carbocycles. The van der Waals surface area contributed by atoms with E-state index in [2.05, 4.69) is 0 Å². The van der Waals surface area contributed by atoms with Crippen molar-refractivity contribution in [3.05, 3.63) is 40.2 Å². The molecule has 2 heterocycles. The highest BCUT2D eigenvalue weighted by Gasteiger charge is 2.35. The van der Waals surface area contributed by atoms with E-state index >= 15 is 0 Å². The zero-order chi connectivity index (χ0) is 14.7. The van der Waals surface area contributed by atoms with Gasteiger partial charge in [-0.3, -0.25) is 0 Å². The van der Waals surface area contributed by atoms with Crippen LogP contribution in [0.1, 0.15) is 22.2 Å². The average molecular weight is 248 g/mol. The Morgan fingerprint density at radius 1 is 1.56 bits per heavy atom. The maximum absolute atomic E-state index is 11.3. The van der Waals surface area contributed by atoms with E-state index in [0.29, 0.717) is 10.9 Å². The molecule has 3 rings (SSSR count). The van der Waals surface area contributed by atoms with E-state index in [9.17, 15) is 9.90 Å². The lowest BCUT2D eigenvalue weighted by molar-refractivity contribution is -0.0229. The van der Waals surface area contributed by atoms with Crippen LogP contribution in [0.5, 0.6) is 5.75 Å². The van der Waals surface area contributed by atoms with Gasteiger partial charge in [-0.2, -0.15) is 0 Å². The first-order valence-electron chi connectivity index (χ1n) is 6.75. The van der Waals surface area contributed by atoms with Gasteiger partial charge in [-0.25, -0.2) is 4.79 Å². The third kappa shape index (κ3) is 1.78. The third-order valence-corrected chi connectivity index (χ3v) is 2.94. The molecular weight excluding hydrogens is 232 g/mol. The average Bonchev–Trinajstić information content (AvgIpc) is 2.69. The van der Waals surface area contributed by atoms with Crippen molar-refractivity contribution in [2.75, 3.05) is 0 Å². The van der Waals surface area contributed by atoms with Crippen molar-refractivity contribution in [1.82, 2.24) is 0 Å². The Labute approximate surface area is 107 Å². The summed E-state index contributed by atoms with van der Waals surface area (Å²) in [5, 5.41) is 10.6. The van der Waals surface area contributed by atoms with E-state index in [-0.39, 0.29) is 17.4 Å². The highest BCUT2D eigenvalue weighted by atomic mass is 16.5. The molecule has 4 nitrogen and oxygen atoms in total. The fraction of sp³-hybridized carbons (Fsp3) is 0.357. The molecule has 0 spiro atoms. The number of fused-ring (bicyclic) bond motifs is 2. The van der Waals surface area contributed by atoms with Gasteiger partial charge in [0, 0.05) is 25.3 Å². The Morgan fingerprint density at radius 3 is 3.06 bits per heavy atom. The van der Waals surface area contributed by atoms with Gasteiger partial charge in [0.15, 0.2) is 0 Å². The Hall–Kier alpha value is -1.81. The summed E-state index contributed by atoms with van der Waals surface area (Å²) in [6.45, 7) is 3.13. The molecule has 1 aromatic carbocycles. The highest BCUT2D eigenvalue weighted by Crippen LogP contribution is 2.35. The number of benzene rings is 1. The molecule has 4 heteroatoms.